The minimum absolute atomic E-state index is 0.0240. The smallest absolute Gasteiger partial charge is 0.237 e. The minimum Gasteiger partial charge on any atom is -0.297 e. The van der Waals surface area contributed by atoms with Crippen molar-refractivity contribution in [1.29, 1.82) is 0 Å². The van der Waals surface area contributed by atoms with Crippen LogP contribution in [-0.4, -0.2) is 28.2 Å². The van der Waals surface area contributed by atoms with E-state index >= 15 is 0 Å². The lowest BCUT2D eigenvalue weighted by molar-refractivity contribution is -0.121. The van der Waals surface area contributed by atoms with Crippen LogP contribution in [0.25, 0.3) is 0 Å². The van der Waals surface area contributed by atoms with Crippen molar-refractivity contribution in [2.75, 3.05) is 11.4 Å². The minimum atomic E-state index is -0.289. The van der Waals surface area contributed by atoms with Gasteiger partial charge in [-0.05, 0) is 22.9 Å². The quantitative estimate of drug-likeness (QED) is 0.583. The van der Waals surface area contributed by atoms with E-state index in [1.165, 1.54) is 4.90 Å². The highest BCUT2D eigenvalue weighted by Gasteiger charge is 2.31. The zero-order chi connectivity index (χ0) is 11.9. The molecule has 1 fully saturated rings. The average Bonchev–Trinajstić information content (AvgIpc) is 2.53. The molecule has 1 amide bonds. The van der Waals surface area contributed by atoms with Crippen LogP contribution >= 0.6 is 27.5 Å². The van der Waals surface area contributed by atoms with E-state index in [4.69, 9.17) is 11.6 Å². The molecule has 1 aliphatic rings. The van der Waals surface area contributed by atoms with Crippen LogP contribution in [0.3, 0.4) is 0 Å². The number of rotatable bonds is 1. The van der Waals surface area contributed by atoms with Crippen LogP contribution < -0.4 is 4.90 Å². The van der Waals surface area contributed by atoms with E-state index in [1.54, 1.807) is 6.92 Å². The monoisotopic (exact) mass is 303 g/mol. The Hall–Kier alpha value is -1.01. The molecule has 0 atom stereocenters. The maximum Gasteiger partial charge on any atom is 0.237 e. The summed E-state index contributed by atoms with van der Waals surface area (Å²) in [7, 11) is 0. The number of aryl methyl sites for hydroxylation is 1. The molecule has 0 unspecified atom stereocenters. The number of ketones is 1. The van der Waals surface area contributed by atoms with Gasteiger partial charge in [0.25, 0.3) is 0 Å². The van der Waals surface area contributed by atoms with Gasteiger partial charge in [-0.2, -0.15) is 4.98 Å². The van der Waals surface area contributed by atoms with Crippen molar-refractivity contribution in [2.45, 2.75) is 13.3 Å². The Morgan fingerprint density at radius 2 is 2.06 bits per heavy atom. The van der Waals surface area contributed by atoms with Crippen molar-refractivity contribution in [2.24, 2.45) is 0 Å². The Balaban J connectivity index is 2.42. The molecule has 0 N–H and O–H groups in total. The number of hydrogen-bond acceptors (Lipinski definition) is 4. The van der Waals surface area contributed by atoms with E-state index in [-0.39, 0.29) is 35.8 Å². The molecule has 0 radical (unpaired) electrons. The van der Waals surface area contributed by atoms with Crippen LogP contribution in [0.5, 0.6) is 0 Å². The van der Waals surface area contributed by atoms with Gasteiger partial charge in [-0.15, -0.1) is 0 Å². The lowest BCUT2D eigenvalue weighted by atomic mass is 10.3. The van der Waals surface area contributed by atoms with Gasteiger partial charge in [0.05, 0.1) is 23.1 Å². The summed E-state index contributed by atoms with van der Waals surface area (Å²) in [5.41, 5.74) is 0.627. The summed E-state index contributed by atoms with van der Waals surface area (Å²) in [4.78, 5) is 31.9. The van der Waals surface area contributed by atoms with Crippen LogP contribution in [0.2, 0.25) is 5.15 Å². The van der Waals surface area contributed by atoms with Crippen LogP contribution in [0.1, 0.15) is 12.1 Å². The number of carbonyl (C=O) groups excluding carboxylic acids is 2. The van der Waals surface area contributed by atoms with E-state index in [0.29, 0.717) is 10.2 Å². The van der Waals surface area contributed by atoms with Gasteiger partial charge in [-0.25, -0.2) is 4.98 Å². The third-order valence-electron chi connectivity index (χ3n) is 2.19. The molecule has 1 saturated heterocycles. The Labute approximate surface area is 105 Å². The molecule has 2 heterocycles. The van der Waals surface area contributed by atoms with Gasteiger partial charge in [0, 0.05) is 0 Å². The first-order valence-electron chi connectivity index (χ1n) is 4.50. The first-order chi connectivity index (χ1) is 7.49. The van der Waals surface area contributed by atoms with Gasteiger partial charge in [-0.3, -0.25) is 14.5 Å². The predicted octanol–water partition coefficient (Wildman–Crippen LogP) is 1.51. The van der Waals surface area contributed by atoms with Crippen molar-refractivity contribution in [3.8, 4) is 0 Å². The Morgan fingerprint density at radius 1 is 1.38 bits per heavy atom. The second-order valence-electron chi connectivity index (χ2n) is 3.41. The molecule has 0 aromatic carbocycles. The molecular weight excluding hydrogens is 297 g/mol. The van der Waals surface area contributed by atoms with E-state index < -0.39 is 0 Å². The topological polar surface area (TPSA) is 63.2 Å². The van der Waals surface area contributed by atoms with Gasteiger partial charge < -0.3 is 0 Å². The lowest BCUT2D eigenvalue weighted by Crippen LogP contribution is -2.27. The third kappa shape index (κ3) is 1.94. The molecule has 16 heavy (non-hydrogen) atoms. The highest BCUT2D eigenvalue weighted by atomic mass is 79.9. The first kappa shape index (κ1) is 11.5. The zero-order valence-corrected chi connectivity index (χ0v) is 10.7. The molecule has 0 spiro atoms. The van der Waals surface area contributed by atoms with Gasteiger partial charge in [-0.1, -0.05) is 11.6 Å². The standard InChI is InChI=1S/C9H7BrClN3O2/c1-4-7(10)8(11)13-9(12-4)14-3-5(15)2-6(14)16/h2-3H2,1H3. The number of nitrogens with zero attached hydrogens (tertiary/aromatic N) is 3. The second-order valence-corrected chi connectivity index (χ2v) is 4.56. The first-order valence-corrected chi connectivity index (χ1v) is 5.68. The lowest BCUT2D eigenvalue weighted by Gasteiger charge is -2.13. The molecule has 0 saturated carbocycles. The van der Waals surface area contributed by atoms with Gasteiger partial charge in [0.2, 0.25) is 11.9 Å². The molecule has 1 aliphatic heterocycles. The van der Waals surface area contributed by atoms with Crippen LogP contribution in [0.4, 0.5) is 5.95 Å². The van der Waals surface area contributed by atoms with Crippen molar-refractivity contribution in [3.63, 3.8) is 0 Å². The Bertz CT molecular complexity index is 469. The number of aromatic nitrogens is 2. The highest BCUT2D eigenvalue weighted by Crippen LogP contribution is 2.26. The normalized spacial score (nSPS) is 16.1. The SMILES string of the molecule is Cc1nc(N2CC(=O)CC2=O)nc(Cl)c1Br. The van der Waals surface area contributed by atoms with Crippen molar-refractivity contribution < 1.29 is 9.59 Å². The van der Waals surface area contributed by atoms with Crippen molar-refractivity contribution >= 4 is 45.2 Å². The molecule has 0 bridgehead atoms. The molecule has 2 rings (SSSR count). The van der Waals surface area contributed by atoms with Crippen LogP contribution in [0, 0.1) is 6.92 Å². The van der Waals surface area contributed by atoms with E-state index in [1.807, 2.05) is 0 Å². The summed E-state index contributed by atoms with van der Waals surface area (Å²) in [6.45, 7) is 1.76. The maximum atomic E-state index is 11.5. The van der Waals surface area contributed by atoms with E-state index in [0.717, 1.165) is 0 Å². The van der Waals surface area contributed by atoms with Crippen LogP contribution in [-0.2, 0) is 9.59 Å². The molecule has 5 nitrogen and oxygen atoms in total. The summed E-state index contributed by atoms with van der Waals surface area (Å²) in [5.74, 6) is -0.241. The number of Topliss-reactive ketones (excluding diaryl/α,β-unsaturated/α-hetero) is 1. The molecule has 84 valence electrons. The van der Waals surface area contributed by atoms with Crippen LogP contribution in [0.15, 0.2) is 4.47 Å². The van der Waals surface area contributed by atoms with Gasteiger partial charge >= 0.3 is 0 Å². The summed E-state index contributed by atoms with van der Waals surface area (Å²) >= 11 is 9.08. The second kappa shape index (κ2) is 4.10. The van der Waals surface area contributed by atoms with Crippen molar-refractivity contribution in [3.05, 3.63) is 15.3 Å². The molecule has 1 aromatic rings. The Morgan fingerprint density at radius 3 is 2.56 bits per heavy atom. The fraction of sp³-hybridized carbons (Fsp3) is 0.333. The summed E-state index contributed by atoms with van der Waals surface area (Å²) in [5, 5.41) is 0.231. The molecule has 0 aliphatic carbocycles. The van der Waals surface area contributed by atoms with E-state index in [2.05, 4.69) is 25.9 Å². The average molecular weight is 305 g/mol. The highest BCUT2D eigenvalue weighted by molar-refractivity contribution is 9.10. The van der Waals surface area contributed by atoms with Gasteiger partial charge in [0.15, 0.2) is 5.78 Å². The predicted molar refractivity (Wildman–Crippen MR) is 61.5 cm³/mol. The molecule has 1 aromatic heterocycles. The maximum absolute atomic E-state index is 11.5. The fourth-order valence-corrected chi connectivity index (χ4v) is 1.79. The number of hydrogen-bond donors (Lipinski definition) is 0. The summed E-state index contributed by atoms with van der Waals surface area (Å²) < 4.78 is 0.593. The van der Waals surface area contributed by atoms with Crippen molar-refractivity contribution in [1.82, 2.24) is 9.97 Å². The number of halogens is 2. The molecular formula is C9H7BrClN3O2. The zero-order valence-electron chi connectivity index (χ0n) is 8.33. The Kier molecular flexibility index (Phi) is 2.94. The number of carbonyl (C=O) groups is 2. The summed E-state index contributed by atoms with van der Waals surface area (Å²) in [6, 6.07) is 0. The largest absolute Gasteiger partial charge is 0.297 e. The molecule has 7 heteroatoms. The summed E-state index contributed by atoms with van der Waals surface area (Å²) in [6.07, 6.45) is -0.0872. The third-order valence-corrected chi connectivity index (χ3v) is 3.64. The van der Waals surface area contributed by atoms with Gasteiger partial charge in [0.1, 0.15) is 5.15 Å². The number of anilines is 1. The van der Waals surface area contributed by atoms with E-state index in [9.17, 15) is 9.59 Å². The number of amides is 1. The fourth-order valence-electron chi connectivity index (χ4n) is 1.40.